The van der Waals surface area contributed by atoms with Gasteiger partial charge in [0.15, 0.2) is 5.69 Å². The molecule has 96 valence electrons. The summed E-state index contributed by atoms with van der Waals surface area (Å²) < 4.78 is 1.56. The number of hydrogen-bond acceptors (Lipinski definition) is 4. The van der Waals surface area contributed by atoms with Crippen LogP contribution in [0.25, 0.3) is 0 Å². The summed E-state index contributed by atoms with van der Waals surface area (Å²) in [4.78, 5) is 10.4. The minimum absolute atomic E-state index is 0.0877. The molecule has 19 heavy (non-hydrogen) atoms. The van der Waals surface area contributed by atoms with Gasteiger partial charge >= 0.3 is 0 Å². The van der Waals surface area contributed by atoms with Crippen LogP contribution in [0.4, 0.5) is 17.1 Å². The van der Waals surface area contributed by atoms with E-state index < -0.39 is 4.92 Å². The van der Waals surface area contributed by atoms with Crippen molar-refractivity contribution in [3.8, 4) is 0 Å². The lowest BCUT2D eigenvalue weighted by Gasteiger charge is -1.97. The molecule has 0 aliphatic heterocycles. The van der Waals surface area contributed by atoms with E-state index in [1.165, 1.54) is 6.07 Å². The van der Waals surface area contributed by atoms with Gasteiger partial charge in [-0.3, -0.25) is 10.1 Å². The quantitative estimate of drug-likeness (QED) is 0.396. The Balaban J connectivity index is 2.32. The van der Waals surface area contributed by atoms with E-state index in [1.807, 2.05) is 12.1 Å². The summed E-state index contributed by atoms with van der Waals surface area (Å²) in [6, 6.07) is 11.8. The Hall–Kier alpha value is -1.60. The number of nitro benzene ring substituents is 1. The minimum atomic E-state index is -0.485. The molecule has 0 atom stereocenters. The van der Waals surface area contributed by atoms with Gasteiger partial charge in [-0.1, -0.05) is 31.9 Å². The molecule has 0 fully saturated rings. The fourth-order valence-electron chi connectivity index (χ4n) is 1.35. The van der Waals surface area contributed by atoms with Gasteiger partial charge in [0.25, 0.3) is 5.69 Å². The third-order valence-electron chi connectivity index (χ3n) is 2.23. The van der Waals surface area contributed by atoms with Gasteiger partial charge in [0, 0.05) is 15.0 Å². The molecule has 0 amide bonds. The summed E-state index contributed by atoms with van der Waals surface area (Å²) in [5, 5.41) is 18.8. The van der Waals surface area contributed by atoms with Gasteiger partial charge < -0.3 is 0 Å². The molecule has 5 nitrogen and oxygen atoms in total. The number of rotatable bonds is 3. The maximum Gasteiger partial charge on any atom is 0.297 e. The van der Waals surface area contributed by atoms with Gasteiger partial charge in [-0.25, -0.2) is 0 Å². The second-order valence-corrected chi connectivity index (χ2v) is 5.40. The van der Waals surface area contributed by atoms with E-state index in [9.17, 15) is 10.1 Å². The molecule has 0 radical (unpaired) electrons. The minimum Gasteiger partial charge on any atom is -0.258 e. The molecule has 0 unspecified atom stereocenters. The highest BCUT2D eigenvalue weighted by Crippen LogP contribution is 2.31. The lowest BCUT2D eigenvalue weighted by molar-refractivity contribution is -0.384. The molecule has 0 saturated carbocycles. The Kier molecular flexibility index (Phi) is 4.39. The molecule has 0 saturated heterocycles. The van der Waals surface area contributed by atoms with Gasteiger partial charge in [0.2, 0.25) is 0 Å². The predicted octanol–water partition coefficient (Wildman–Crippen LogP) is 5.54. The van der Waals surface area contributed by atoms with Gasteiger partial charge in [-0.05, 0) is 36.4 Å². The number of benzene rings is 2. The standard InChI is InChI=1S/C12H7Br2N3O2/c13-8-1-4-10(5-2-8)15-16-11-6-3-9(14)7-12(11)17(18)19/h1-7H. The molecule has 0 aromatic heterocycles. The zero-order valence-electron chi connectivity index (χ0n) is 9.46. The average Bonchev–Trinajstić information content (AvgIpc) is 2.39. The van der Waals surface area contributed by atoms with Crippen molar-refractivity contribution in [1.82, 2.24) is 0 Å². The van der Waals surface area contributed by atoms with Crippen LogP contribution in [0.1, 0.15) is 0 Å². The SMILES string of the molecule is O=[N+]([O-])c1cc(Br)ccc1N=Nc1ccc(Br)cc1. The van der Waals surface area contributed by atoms with Crippen LogP contribution in [0.15, 0.2) is 61.6 Å². The molecule has 0 heterocycles. The van der Waals surface area contributed by atoms with E-state index in [1.54, 1.807) is 24.3 Å². The smallest absolute Gasteiger partial charge is 0.258 e. The van der Waals surface area contributed by atoms with Crippen molar-refractivity contribution in [2.24, 2.45) is 10.2 Å². The predicted molar refractivity (Wildman–Crippen MR) is 79.1 cm³/mol. The maximum absolute atomic E-state index is 10.9. The fourth-order valence-corrected chi connectivity index (χ4v) is 1.96. The van der Waals surface area contributed by atoms with Crippen LogP contribution in [0.2, 0.25) is 0 Å². The van der Waals surface area contributed by atoms with E-state index in [0.29, 0.717) is 10.2 Å². The molecule has 2 rings (SSSR count). The van der Waals surface area contributed by atoms with E-state index in [4.69, 9.17) is 0 Å². The Morgan fingerprint density at radius 2 is 1.58 bits per heavy atom. The van der Waals surface area contributed by atoms with E-state index in [-0.39, 0.29) is 11.4 Å². The third-order valence-corrected chi connectivity index (χ3v) is 3.26. The average molecular weight is 385 g/mol. The van der Waals surface area contributed by atoms with Crippen LogP contribution in [0, 0.1) is 10.1 Å². The molecule has 2 aromatic carbocycles. The zero-order chi connectivity index (χ0) is 13.8. The monoisotopic (exact) mass is 383 g/mol. The highest BCUT2D eigenvalue weighted by molar-refractivity contribution is 9.10. The van der Waals surface area contributed by atoms with Crippen LogP contribution in [0.5, 0.6) is 0 Å². The first kappa shape index (κ1) is 13.8. The Labute approximate surface area is 125 Å². The first-order chi connectivity index (χ1) is 9.06. The molecule has 0 N–H and O–H groups in total. The van der Waals surface area contributed by atoms with E-state index >= 15 is 0 Å². The lowest BCUT2D eigenvalue weighted by atomic mass is 10.3. The molecule has 0 spiro atoms. The first-order valence-electron chi connectivity index (χ1n) is 5.17. The number of halogens is 2. The van der Waals surface area contributed by atoms with Crippen molar-refractivity contribution < 1.29 is 4.92 Å². The van der Waals surface area contributed by atoms with Crippen LogP contribution in [0.3, 0.4) is 0 Å². The van der Waals surface area contributed by atoms with Gasteiger partial charge in [-0.15, -0.1) is 5.11 Å². The summed E-state index contributed by atoms with van der Waals surface area (Å²) in [6.07, 6.45) is 0. The van der Waals surface area contributed by atoms with Gasteiger partial charge in [0.05, 0.1) is 10.6 Å². The second-order valence-electron chi connectivity index (χ2n) is 3.57. The molecule has 7 heteroatoms. The van der Waals surface area contributed by atoms with Crippen LogP contribution in [-0.4, -0.2) is 4.92 Å². The molecular formula is C12H7Br2N3O2. The Morgan fingerprint density at radius 1 is 0.947 bits per heavy atom. The van der Waals surface area contributed by atoms with E-state index in [2.05, 4.69) is 42.1 Å². The van der Waals surface area contributed by atoms with Crippen LogP contribution in [-0.2, 0) is 0 Å². The summed E-state index contributed by atoms with van der Waals surface area (Å²) in [5.74, 6) is 0. The topological polar surface area (TPSA) is 67.9 Å². The van der Waals surface area contributed by atoms with E-state index in [0.717, 1.165) is 4.47 Å². The normalized spacial score (nSPS) is 10.8. The third kappa shape index (κ3) is 3.68. The summed E-state index contributed by atoms with van der Waals surface area (Å²) in [7, 11) is 0. The van der Waals surface area contributed by atoms with Gasteiger partial charge in [0.1, 0.15) is 0 Å². The summed E-state index contributed by atoms with van der Waals surface area (Å²) in [6.45, 7) is 0. The highest BCUT2D eigenvalue weighted by atomic mass is 79.9. The molecule has 2 aromatic rings. The largest absolute Gasteiger partial charge is 0.297 e. The molecular weight excluding hydrogens is 378 g/mol. The van der Waals surface area contributed by atoms with Crippen molar-refractivity contribution in [1.29, 1.82) is 0 Å². The van der Waals surface area contributed by atoms with Crippen molar-refractivity contribution in [2.45, 2.75) is 0 Å². The van der Waals surface area contributed by atoms with Crippen molar-refractivity contribution in [3.63, 3.8) is 0 Å². The molecule has 0 aliphatic carbocycles. The maximum atomic E-state index is 10.9. The Bertz CT molecular complexity index is 642. The summed E-state index contributed by atoms with van der Waals surface area (Å²) >= 11 is 6.50. The van der Waals surface area contributed by atoms with Crippen molar-refractivity contribution in [3.05, 3.63) is 61.5 Å². The number of nitro groups is 1. The summed E-state index contributed by atoms with van der Waals surface area (Å²) in [5.41, 5.74) is 0.756. The lowest BCUT2D eigenvalue weighted by Crippen LogP contribution is -1.87. The van der Waals surface area contributed by atoms with Gasteiger partial charge in [-0.2, -0.15) is 5.11 Å². The first-order valence-corrected chi connectivity index (χ1v) is 6.76. The number of azo groups is 1. The molecule has 0 bridgehead atoms. The number of hydrogen-bond donors (Lipinski definition) is 0. The fraction of sp³-hybridized carbons (Fsp3) is 0. The zero-order valence-corrected chi connectivity index (χ0v) is 12.6. The van der Waals surface area contributed by atoms with Crippen molar-refractivity contribution in [2.75, 3.05) is 0 Å². The van der Waals surface area contributed by atoms with Crippen LogP contribution >= 0.6 is 31.9 Å². The second kappa shape index (κ2) is 6.03. The number of nitrogens with zero attached hydrogens (tertiary/aromatic N) is 3. The van der Waals surface area contributed by atoms with Crippen LogP contribution < -0.4 is 0 Å². The van der Waals surface area contributed by atoms with Crippen molar-refractivity contribution >= 4 is 48.9 Å². The molecule has 0 aliphatic rings. The highest BCUT2D eigenvalue weighted by Gasteiger charge is 2.13. The Morgan fingerprint density at radius 3 is 2.21 bits per heavy atom.